The van der Waals surface area contributed by atoms with Crippen molar-refractivity contribution in [3.63, 3.8) is 0 Å². The Bertz CT molecular complexity index is 1540. The van der Waals surface area contributed by atoms with Gasteiger partial charge >= 0.3 is 6.03 Å². The van der Waals surface area contributed by atoms with Gasteiger partial charge in [0.1, 0.15) is 17.1 Å². The lowest BCUT2D eigenvalue weighted by Gasteiger charge is -2.27. The highest BCUT2D eigenvalue weighted by atomic mass is 16.5. The molecule has 0 bridgehead atoms. The van der Waals surface area contributed by atoms with E-state index in [9.17, 15) is 24.0 Å². The van der Waals surface area contributed by atoms with Gasteiger partial charge in [-0.3, -0.25) is 29.4 Å². The van der Waals surface area contributed by atoms with Crippen LogP contribution in [0.25, 0.3) is 6.08 Å². The Hall–Kier alpha value is -5.25. The van der Waals surface area contributed by atoms with Gasteiger partial charge in [-0.25, -0.2) is 9.69 Å². The molecule has 1 saturated heterocycles. The van der Waals surface area contributed by atoms with Crippen LogP contribution in [0.5, 0.6) is 11.5 Å². The first-order chi connectivity index (χ1) is 18.8. The van der Waals surface area contributed by atoms with Crippen LogP contribution in [0.4, 0.5) is 10.5 Å². The summed E-state index contributed by atoms with van der Waals surface area (Å²) in [6.45, 7) is 2.00. The van der Waals surface area contributed by atoms with Gasteiger partial charge in [-0.1, -0.05) is 30.3 Å². The summed E-state index contributed by atoms with van der Waals surface area (Å²) < 4.78 is 11.0. The van der Waals surface area contributed by atoms with E-state index in [2.05, 4.69) is 5.32 Å². The van der Waals surface area contributed by atoms with Gasteiger partial charge in [0.05, 0.1) is 37.1 Å². The minimum absolute atomic E-state index is 0.0843. The number of hydrogen-bond acceptors (Lipinski definition) is 7. The third-order valence-corrected chi connectivity index (χ3v) is 6.33. The molecule has 5 rings (SSSR count). The molecule has 0 aliphatic carbocycles. The minimum Gasteiger partial charge on any atom is -0.496 e. The number of methoxy groups -OCH3 is 1. The van der Waals surface area contributed by atoms with Crippen molar-refractivity contribution in [1.82, 2.24) is 10.2 Å². The van der Waals surface area contributed by atoms with E-state index in [-0.39, 0.29) is 17.8 Å². The van der Waals surface area contributed by atoms with Crippen LogP contribution in [0.3, 0.4) is 0 Å². The Labute approximate surface area is 223 Å². The molecule has 39 heavy (non-hydrogen) atoms. The summed E-state index contributed by atoms with van der Waals surface area (Å²) in [6.07, 6.45) is 1.34. The van der Waals surface area contributed by atoms with E-state index in [1.807, 2.05) is 0 Å². The monoisotopic (exact) mass is 525 g/mol. The van der Waals surface area contributed by atoms with Crippen LogP contribution in [0.2, 0.25) is 0 Å². The number of urea groups is 1. The SMILES string of the molecule is CCOc1ccccc1N1C(=O)NC(=O)C(=Cc2ccc(OC)c(CN3C(=O)c4ccccc4C3=O)c2)C1=O. The first-order valence-electron chi connectivity index (χ1n) is 12.1. The van der Waals surface area contributed by atoms with Gasteiger partial charge in [0.25, 0.3) is 23.6 Å². The Morgan fingerprint density at radius 2 is 1.49 bits per heavy atom. The quantitative estimate of drug-likeness (QED) is 0.284. The van der Waals surface area contributed by atoms with E-state index in [0.29, 0.717) is 40.4 Å². The maximum atomic E-state index is 13.4. The molecule has 0 atom stereocenters. The first-order valence-corrected chi connectivity index (χ1v) is 12.1. The molecule has 1 fully saturated rings. The molecule has 0 aromatic heterocycles. The summed E-state index contributed by atoms with van der Waals surface area (Å²) in [5.74, 6) is -1.81. The number of benzene rings is 3. The molecule has 1 N–H and O–H groups in total. The maximum absolute atomic E-state index is 13.4. The van der Waals surface area contributed by atoms with Gasteiger partial charge < -0.3 is 9.47 Å². The van der Waals surface area contributed by atoms with Crippen LogP contribution in [0.1, 0.15) is 38.8 Å². The van der Waals surface area contributed by atoms with Crippen molar-refractivity contribution in [3.05, 3.63) is 94.6 Å². The number of carbonyl (C=O) groups is 5. The van der Waals surface area contributed by atoms with Crippen molar-refractivity contribution in [2.45, 2.75) is 13.5 Å². The molecule has 0 saturated carbocycles. The highest BCUT2D eigenvalue weighted by Crippen LogP contribution is 2.32. The van der Waals surface area contributed by atoms with E-state index >= 15 is 0 Å². The van der Waals surface area contributed by atoms with Gasteiger partial charge in [-0.05, 0) is 55.0 Å². The number of hydrogen-bond donors (Lipinski definition) is 1. The smallest absolute Gasteiger partial charge is 0.336 e. The van der Waals surface area contributed by atoms with Gasteiger partial charge in [-0.2, -0.15) is 0 Å². The molecule has 0 radical (unpaired) electrons. The molecular weight excluding hydrogens is 502 g/mol. The predicted octanol–water partition coefficient (Wildman–Crippen LogP) is 3.56. The average Bonchev–Trinajstić information content (AvgIpc) is 3.17. The highest BCUT2D eigenvalue weighted by Gasteiger charge is 2.38. The summed E-state index contributed by atoms with van der Waals surface area (Å²) in [6, 6.07) is 17.0. The van der Waals surface area contributed by atoms with Gasteiger partial charge in [0.2, 0.25) is 0 Å². The second-order valence-electron chi connectivity index (χ2n) is 8.67. The van der Waals surface area contributed by atoms with Crippen LogP contribution in [0.15, 0.2) is 72.3 Å². The fourth-order valence-electron chi connectivity index (χ4n) is 4.53. The standard InChI is InChI=1S/C29H23N3O7/c1-3-39-24-11-7-6-10-22(24)32-28(36)21(25(33)30-29(32)37)15-17-12-13-23(38-2)18(14-17)16-31-26(34)19-8-4-5-9-20(19)27(31)35/h4-15H,3,16H2,1-2H3,(H,30,33,37). The molecule has 2 heterocycles. The Balaban J connectivity index is 1.48. The fraction of sp³-hybridized carbons (Fsp3) is 0.138. The summed E-state index contributed by atoms with van der Waals surface area (Å²) in [5.41, 5.74) is 1.47. The third-order valence-electron chi connectivity index (χ3n) is 6.33. The molecule has 3 aromatic rings. The highest BCUT2D eigenvalue weighted by molar-refractivity contribution is 6.39. The zero-order valence-electron chi connectivity index (χ0n) is 21.1. The summed E-state index contributed by atoms with van der Waals surface area (Å²) >= 11 is 0. The molecule has 10 heteroatoms. The largest absolute Gasteiger partial charge is 0.496 e. The zero-order valence-corrected chi connectivity index (χ0v) is 21.1. The normalized spacial score (nSPS) is 16.1. The van der Waals surface area contributed by atoms with Crippen LogP contribution in [-0.2, 0) is 16.1 Å². The van der Waals surface area contributed by atoms with Crippen LogP contribution < -0.4 is 19.7 Å². The van der Waals surface area contributed by atoms with E-state index in [1.165, 1.54) is 13.2 Å². The lowest BCUT2D eigenvalue weighted by atomic mass is 10.0. The van der Waals surface area contributed by atoms with Crippen LogP contribution in [-0.4, -0.2) is 48.3 Å². The molecule has 0 unspecified atom stereocenters. The third kappa shape index (κ3) is 4.52. The number of ether oxygens (including phenoxy) is 2. The number of para-hydroxylation sites is 2. The Morgan fingerprint density at radius 1 is 0.821 bits per heavy atom. The molecule has 0 spiro atoms. The number of carbonyl (C=O) groups excluding carboxylic acids is 5. The summed E-state index contributed by atoms with van der Waals surface area (Å²) in [4.78, 5) is 66.5. The van der Waals surface area contributed by atoms with Crippen molar-refractivity contribution < 1.29 is 33.4 Å². The van der Waals surface area contributed by atoms with E-state index in [4.69, 9.17) is 9.47 Å². The lowest BCUT2D eigenvalue weighted by Crippen LogP contribution is -2.54. The molecule has 10 nitrogen and oxygen atoms in total. The topological polar surface area (TPSA) is 122 Å². The molecule has 3 aromatic carbocycles. The second kappa shape index (κ2) is 10.3. The van der Waals surface area contributed by atoms with E-state index in [1.54, 1.807) is 73.7 Å². The minimum atomic E-state index is -0.893. The molecule has 6 amide bonds. The summed E-state index contributed by atoms with van der Waals surface area (Å²) in [7, 11) is 1.46. The van der Waals surface area contributed by atoms with E-state index < -0.39 is 29.7 Å². The van der Waals surface area contributed by atoms with Crippen molar-refractivity contribution in [2.24, 2.45) is 0 Å². The second-order valence-corrected chi connectivity index (χ2v) is 8.67. The number of amides is 6. The number of fused-ring (bicyclic) bond motifs is 1. The van der Waals surface area contributed by atoms with Crippen LogP contribution >= 0.6 is 0 Å². The molecule has 2 aliphatic heterocycles. The predicted molar refractivity (Wildman–Crippen MR) is 140 cm³/mol. The first kappa shape index (κ1) is 25.4. The molecule has 196 valence electrons. The zero-order chi connectivity index (χ0) is 27.7. The van der Waals surface area contributed by atoms with Crippen LogP contribution in [0, 0.1) is 0 Å². The number of nitrogens with one attached hydrogen (secondary N) is 1. The Morgan fingerprint density at radius 3 is 2.15 bits per heavy atom. The molecular formula is C29H23N3O7. The van der Waals surface area contributed by atoms with Gasteiger partial charge in [0, 0.05) is 5.56 Å². The number of anilines is 1. The fourth-order valence-corrected chi connectivity index (χ4v) is 4.53. The average molecular weight is 526 g/mol. The van der Waals surface area contributed by atoms with Crippen molar-refractivity contribution in [3.8, 4) is 11.5 Å². The lowest BCUT2D eigenvalue weighted by molar-refractivity contribution is -0.122. The number of barbiturate groups is 1. The van der Waals surface area contributed by atoms with Gasteiger partial charge in [-0.15, -0.1) is 0 Å². The van der Waals surface area contributed by atoms with Crippen molar-refractivity contribution in [1.29, 1.82) is 0 Å². The summed E-state index contributed by atoms with van der Waals surface area (Å²) in [5, 5.41) is 2.20. The number of rotatable bonds is 7. The number of imide groups is 3. The Kier molecular flexibility index (Phi) is 6.68. The molecule has 2 aliphatic rings. The van der Waals surface area contributed by atoms with Gasteiger partial charge in [0.15, 0.2) is 0 Å². The van der Waals surface area contributed by atoms with E-state index in [0.717, 1.165) is 9.80 Å². The van der Waals surface area contributed by atoms with Crippen molar-refractivity contribution >= 4 is 41.4 Å². The van der Waals surface area contributed by atoms with Crippen molar-refractivity contribution in [2.75, 3.05) is 18.6 Å². The number of nitrogens with zero attached hydrogens (tertiary/aromatic N) is 2. The maximum Gasteiger partial charge on any atom is 0.336 e.